The first-order chi connectivity index (χ1) is 8.54. The van der Waals surface area contributed by atoms with E-state index in [1.807, 2.05) is 0 Å². The summed E-state index contributed by atoms with van der Waals surface area (Å²) in [6, 6.07) is 5.68. The molecule has 0 radical (unpaired) electrons. The number of carbonyl (C=O) groups is 2. The van der Waals surface area contributed by atoms with Gasteiger partial charge in [-0.25, -0.2) is 9.59 Å². The van der Waals surface area contributed by atoms with Crippen LogP contribution in [0.3, 0.4) is 0 Å². The molecule has 6 heteroatoms. The van der Waals surface area contributed by atoms with Crippen molar-refractivity contribution in [2.75, 3.05) is 27.2 Å². The monoisotopic (exact) mass is 252 g/mol. The summed E-state index contributed by atoms with van der Waals surface area (Å²) in [7, 11) is 3.43. The molecular weight excluding hydrogens is 236 g/mol. The van der Waals surface area contributed by atoms with Crippen LogP contribution in [0.15, 0.2) is 24.3 Å². The number of hydrogen-bond donors (Lipinski definition) is 2. The molecule has 1 amide bonds. The smallest absolute Gasteiger partial charge is 0.415 e. The molecule has 0 heterocycles. The van der Waals surface area contributed by atoms with Gasteiger partial charge < -0.3 is 20.1 Å². The average molecular weight is 252 g/mol. The maximum atomic E-state index is 11.6. The van der Waals surface area contributed by atoms with Crippen LogP contribution in [0.25, 0.3) is 0 Å². The summed E-state index contributed by atoms with van der Waals surface area (Å²) in [5, 5.41) is 11.6. The van der Waals surface area contributed by atoms with E-state index in [0.29, 0.717) is 18.8 Å². The van der Waals surface area contributed by atoms with E-state index in [9.17, 15) is 9.59 Å². The van der Waals surface area contributed by atoms with Crippen LogP contribution in [-0.4, -0.2) is 49.3 Å². The largest absolute Gasteiger partial charge is 0.478 e. The molecule has 0 aliphatic rings. The minimum Gasteiger partial charge on any atom is -0.478 e. The maximum Gasteiger partial charge on any atom is 0.415 e. The van der Waals surface area contributed by atoms with Crippen LogP contribution in [0, 0.1) is 0 Å². The third-order valence-electron chi connectivity index (χ3n) is 2.32. The number of likely N-dealkylation sites (N-methyl/N-ethyl adjacent to an activating group) is 2. The number of benzene rings is 1. The van der Waals surface area contributed by atoms with E-state index in [1.165, 1.54) is 29.2 Å². The third kappa shape index (κ3) is 4.06. The highest BCUT2D eigenvalue weighted by molar-refractivity contribution is 5.87. The molecule has 0 atom stereocenters. The molecule has 0 aromatic heterocycles. The van der Waals surface area contributed by atoms with Gasteiger partial charge in [0.15, 0.2) is 0 Å². The van der Waals surface area contributed by atoms with E-state index in [4.69, 9.17) is 9.84 Å². The molecule has 0 spiro atoms. The molecule has 0 saturated carbocycles. The molecule has 98 valence electrons. The Morgan fingerprint density at radius 3 is 2.44 bits per heavy atom. The molecule has 1 aromatic carbocycles. The zero-order valence-corrected chi connectivity index (χ0v) is 10.3. The lowest BCUT2D eigenvalue weighted by molar-refractivity contribution is 0.0697. The van der Waals surface area contributed by atoms with Crippen molar-refractivity contribution in [2.45, 2.75) is 0 Å². The normalized spacial score (nSPS) is 9.89. The SMILES string of the molecule is CNCCN(C)C(=O)Oc1ccc(C(=O)O)cc1. The second kappa shape index (κ2) is 6.61. The number of carboxylic acid groups (broad SMARTS) is 1. The van der Waals surface area contributed by atoms with Gasteiger partial charge in [-0.3, -0.25) is 0 Å². The van der Waals surface area contributed by atoms with Crippen LogP contribution in [-0.2, 0) is 0 Å². The van der Waals surface area contributed by atoms with Crippen molar-refractivity contribution in [1.29, 1.82) is 0 Å². The number of carboxylic acids is 1. The highest BCUT2D eigenvalue weighted by Gasteiger charge is 2.11. The summed E-state index contributed by atoms with van der Waals surface area (Å²) in [6.45, 7) is 1.20. The van der Waals surface area contributed by atoms with Crippen molar-refractivity contribution in [3.63, 3.8) is 0 Å². The minimum atomic E-state index is -1.01. The summed E-state index contributed by atoms with van der Waals surface area (Å²) in [6.07, 6.45) is -0.478. The fourth-order valence-corrected chi connectivity index (χ4v) is 1.22. The number of amides is 1. The molecule has 1 aromatic rings. The lowest BCUT2D eigenvalue weighted by Crippen LogP contribution is -2.34. The first-order valence-corrected chi connectivity index (χ1v) is 5.45. The molecule has 18 heavy (non-hydrogen) atoms. The Labute approximate surface area is 105 Å². The van der Waals surface area contributed by atoms with Gasteiger partial charge in [-0.1, -0.05) is 0 Å². The molecule has 0 aliphatic carbocycles. The van der Waals surface area contributed by atoms with Crippen LogP contribution < -0.4 is 10.1 Å². The van der Waals surface area contributed by atoms with Crippen molar-refractivity contribution in [3.05, 3.63) is 29.8 Å². The van der Waals surface area contributed by atoms with E-state index in [-0.39, 0.29) is 5.56 Å². The third-order valence-corrected chi connectivity index (χ3v) is 2.32. The quantitative estimate of drug-likeness (QED) is 0.818. The zero-order chi connectivity index (χ0) is 13.5. The number of aromatic carboxylic acids is 1. The number of carbonyl (C=O) groups excluding carboxylic acids is 1. The van der Waals surface area contributed by atoms with Gasteiger partial charge in [0.2, 0.25) is 0 Å². The van der Waals surface area contributed by atoms with Crippen molar-refractivity contribution in [2.24, 2.45) is 0 Å². The fourth-order valence-electron chi connectivity index (χ4n) is 1.22. The van der Waals surface area contributed by atoms with Crippen molar-refractivity contribution >= 4 is 12.1 Å². The Balaban J connectivity index is 2.56. The van der Waals surface area contributed by atoms with Crippen molar-refractivity contribution < 1.29 is 19.4 Å². The Kier molecular flexibility index (Phi) is 5.13. The number of nitrogens with one attached hydrogen (secondary N) is 1. The Morgan fingerprint density at radius 1 is 1.33 bits per heavy atom. The maximum absolute atomic E-state index is 11.6. The Hall–Kier alpha value is -2.08. The highest BCUT2D eigenvalue weighted by atomic mass is 16.6. The van der Waals surface area contributed by atoms with Crippen molar-refractivity contribution in [3.8, 4) is 5.75 Å². The highest BCUT2D eigenvalue weighted by Crippen LogP contribution is 2.13. The Morgan fingerprint density at radius 2 is 1.94 bits per heavy atom. The molecule has 0 aliphatic heterocycles. The van der Waals surface area contributed by atoms with E-state index in [1.54, 1.807) is 14.1 Å². The zero-order valence-electron chi connectivity index (χ0n) is 10.3. The molecule has 2 N–H and O–H groups in total. The van der Waals surface area contributed by atoms with Crippen LogP contribution in [0.1, 0.15) is 10.4 Å². The molecule has 0 fully saturated rings. The summed E-state index contributed by atoms with van der Waals surface area (Å²) >= 11 is 0. The minimum absolute atomic E-state index is 0.151. The summed E-state index contributed by atoms with van der Waals surface area (Å²) in [4.78, 5) is 23.7. The number of nitrogens with zero attached hydrogens (tertiary/aromatic N) is 1. The average Bonchev–Trinajstić information content (AvgIpc) is 2.36. The molecule has 0 bridgehead atoms. The predicted octanol–water partition coefficient (Wildman–Crippen LogP) is 1.03. The lowest BCUT2D eigenvalue weighted by atomic mass is 10.2. The second-order valence-corrected chi connectivity index (χ2v) is 3.72. The van der Waals surface area contributed by atoms with Crippen LogP contribution in [0.5, 0.6) is 5.75 Å². The van der Waals surface area contributed by atoms with Crippen LogP contribution in [0.4, 0.5) is 4.79 Å². The van der Waals surface area contributed by atoms with Gasteiger partial charge in [0, 0.05) is 20.1 Å². The number of hydrogen-bond acceptors (Lipinski definition) is 4. The van der Waals surface area contributed by atoms with Gasteiger partial charge in [-0.05, 0) is 31.3 Å². The van der Waals surface area contributed by atoms with Gasteiger partial charge in [0.1, 0.15) is 5.75 Å². The van der Waals surface area contributed by atoms with Crippen LogP contribution in [0.2, 0.25) is 0 Å². The van der Waals surface area contributed by atoms with E-state index in [0.717, 1.165) is 0 Å². The van der Waals surface area contributed by atoms with Gasteiger partial charge in [0.25, 0.3) is 0 Å². The standard InChI is InChI=1S/C12H16N2O4/c1-13-7-8-14(2)12(17)18-10-5-3-9(4-6-10)11(15)16/h3-6,13H,7-8H2,1-2H3,(H,15,16). The van der Waals surface area contributed by atoms with Crippen molar-refractivity contribution in [1.82, 2.24) is 10.2 Å². The first kappa shape index (κ1) is 14.0. The number of ether oxygens (including phenoxy) is 1. The summed E-state index contributed by atoms with van der Waals surface area (Å²) < 4.78 is 5.07. The molecule has 0 unspecified atom stereocenters. The molecule has 0 saturated heterocycles. The van der Waals surface area contributed by atoms with Gasteiger partial charge in [-0.15, -0.1) is 0 Å². The summed E-state index contributed by atoms with van der Waals surface area (Å²) in [5.74, 6) is -0.694. The van der Waals surface area contributed by atoms with Gasteiger partial charge in [-0.2, -0.15) is 0 Å². The van der Waals surface area contributed by atoms with Gasteiger partial charge in [0.05, 0.1) is 5.56 Å². The van der Waals surface area contributed by atoms with E-state index >= 15 is 0 Å². The molecule has 6 nitrogen and oxygen atoms in total. The molecule has 1 rings (SSSR count). The topological polar surface area (TPSA) is 78.9 Å². The molecular formula is C12H16N2O4. The fraction of sp³-hybridized carbons (Fsp3) is 0.333. The lowest BCUT2D eigenvalue weighted by Gasteiger charge is -2.16. The Bertz CT molecular complexity index is 417. The predicted molar refractivity (Wildman–Crippen MR) is 66.0 cm³/mol. The summed E-state index contributed by atoms with van der Waals surface area (Å²) in [5.41, 5.74) is 0.151. The number of rotatable bonds is 5. The first-order valence-electron chi connectivity index (χ1n) is 5.45. The van der Waals surface area contributed by atoms with Gasteiger partial charge >= 0.3 is 12.1 Å². The second-order valence-electron chi connectivity index (χ2n) is 3.72. The van der Waals surface area contributed by atoms with E-state index in [2.05, 4.69) is 5.32 Å². The van der Waals surface area contributed by atoms with Crippen LogP contribution >= 0.6 is 0 Å². The van der Waals surface area contributed by atoms with E-state index < -0.39 is 12.1 Å².